The van der Waals surface area contributed by atoms with Crippen molar-refractivity contribution in [3.8, 4) is 0 Å². The first-order valence-corrected chi connectivity index (χ1v) is 9.72. The Balaban J connectivity index is 0.00000196. The number of likely N-dealkylation sites (tertiary alicyclic amines) is 1. The third-order valence-corrected chi connectivity index (χ3v) is 5.73. The van der Waals surface area contributed by atoms with Crippen molar-refractivity contribution in [2.45, 2.75) is 26.2 Å². The van der Waals surface area contributed by atoms with E-state index in [-0.39, 0.29) is 36.6 Å². The molecule has 0 unspecified atom stereocenters. The van der Waals surface area contributed by atoms with Crippen molar-refractivity contribution >= 4 is 42.3 Å². The fourth-order valence-electron chi connectivity index (χ4n) is 3.89. The van der Waals surface area contributed by atoms with E-state index in [2.05, 4.69) is 11.8 Å². The number of halogens is 2. The summed E-state index contributed by atoms with van der Waals surface area (Å²) in [7, 11) is 0. The van der Waals surface area contributed by atoms with E-state index in [1.54, 1.807) is 12.1 Å². The molecule has 2 saturated heterocycles. The average Bonchev–Trinajstić information content (AvgIpc) is 2.68. The van der Waals surface area contributed by atoms with Gasteiger partial charge in [0, 0.05) is 51.4 Å². The van der Waals surface area contributed by atoms with Crippen LogP contribution in [0.1, 0.15) is 36.5 Å². The van der Waals surface area contributed by atoms with E-state index >= 15 is 0 Å². The lowest BCUT2D eigenvalue weighted by molar-refractivity contribution is -0.134. The SMILES string of the molecule is CCN1CCN(C(=O)CC2CCN(C(=O)c3ccccc3N)CC2)CC1.Cl.Cl. The molecule has 2 amide bonds. The van der Waals surface area contributed by atoms with Crippen LogP contribution >= 0.6 is 24.8 Å². The molecule has 28 heavy (non-hydrogen) atoms. The fourth-order valence-corrected chi connectivity index (χ4v) is 3.89. The van der Waals surface area contributed by atoms with Gasteiger partial charge in [-0.3, -0.25) is 9.59 Å². The molecule has 0 radical (unpaired) electrons. The number of hydrogen-bond donors (Lipinski definition) is 1. The highest BCUT2D eigenvalue weighted by atomic mass is 35.5. The predicted octanol–water partition coefficient (Wildman–Crippen LogP) is 2.52. The van der Waals surface area contributed by atoms with Crippen LogP contribution < -0.4 is 5.73 Å². The Morgan fingerprint density at radius 2 is 1.57 bits per heavy atom. The zero-order valence-electron chi connectivity index (χ0n) is 16.5. The first kappa shape index (κ1) is 24.5. The van der Waals surface area contributed by atoms with Gasteiger partial charge in [0.15, 0.2) is 0 Å². The minimum Gasteiger partial charge on any atom is -0.398 e. The molecule has 2 aliphatic rings. The van der Waals surface area contributed by atoms with Crippen LogP contribution in [0.25, 0.3) is 0 Å². The second-order valence-corrected chi connectivity index (χ2v) is 7.34. The molecule has 0 atom stereocenters. The number of likely N-dealkylation sites (N-methyl/N-ethyl adjacent to an activating group) is 1. The van der Waals surface area contributed by atoms with Gasteiger partial charge < -0.3 is 20.4 Å². The molecular formula is C20H32Cl2N4O2. The van der Waals surface area contributed by atoms with Gasteiger partial charge in [-0.2, -0.15) is 0 Å². The third-order valence-electron chi connectivity index (χ3n) is 5.73. The zero-order valence-corrected chi connectivity index (χ0v) is 18.1. The first-order valence-electron chi connectivity index (χ1n) is 9.72. The van der Waals surface area contributed by atoms with Gasteiger partial charge in [0.2, 0.25) is 5.91 Å². The standard InChI is InChI=1S/C20H30N4O2.2ClH/c1-2-22-11-13-23(14-12-22)19(25)15-16-7-9-24(10-8-16)20(26)17-5-3-4-6-18(17)21;;/h3-6,16H,2,7-15,21H2,1H3;2*1H. The molecule has 1 aromatic rings. The number of carbonyl (C=O) groups is 2. The van der Waals surface area contributed by atoms with Gasteiger partial charge in [-0.05, 0) is 37.4 Å². The lowest BCUT2D eigenvalue weighted by Gasteiger charge is -2.36. The van der Waals surface area contributed by atoms with Crippen molar-refractivity contribution in [1.29, 1.82) is 0 Å². The molecule has 0 saturated carbocycles. The number of rotatable bonds is 4. The number of anilines is 1. The number of nitrogens with two attached hydrogens (primary N) is 1. The molecule has 158 valence electrons. The summed E-state index contributed by atoms with van der Waals surface area (Å²) in [5, 5.41) is 0. The Kier molecular flexibility index (Phi) is 10.1. The van der Waals surface area contributed by atoms with Gasteiger partial charge in [0.25, 0.3) is 5.91 Å². The van der Waals surface area contributed by atoms with Gasteiger partial charge in [-0.15, -0.1) is 24.8 Å². The van der Waals surface area contributed by atoms with E-state index in [9.17, 15) is 9.59 Å². The quantitative estimate of drug-likeness (QED) is 0.744. The summed E-state index contributed by atoms with van der Waals surface area (Å²) in [6.07, 6.45) is 2.39. The lowest BCUT2D eigenvalue weighted by atomic mass is 9.92. The van der Waals surface area contributed by atoms with Crippen LogP contribution in [-0.4, -0.2) is 72.3 Å². The van der Waals surface area contributed by atoms with Crippen molar-refractivity contribution < 1.29 is 9.59 Å². The lowest BCUT2D eigenvalue weighted by Crippen LogP contribution is -2.49. The first-order chi connectivity index (χ1) is 12.6. The normalized spacial score (nSPS) is 18.2. The van der Waals surface area contributed by atoms with E-state index in [1.165, 1.54) is 0 Å². The van der Waals surface area contributed by atoms with Crippen LogP contribution in [0.15, 0.2) is 24.3 Å². The van der Waals surface area contributed by atoms with Crippen molar-refractivity contribution in [2.24, 2.45) is 5.92 Å². The third kappa shape index (κ3) is 6.00. The number of benzene rings is 1. The average molecular weight is 431 g/mol. The highest BCUT2D eigenvalue weighted by molar-refractivity contribution is 5.99. The molecule has 2 heterocycles. The van der Waals surface area contributed by atoms with Gasteiger partial charge in [0.1, 0.15) is 0 Å². The van der Waals surface area contributed by atoms with Crippen LogP contribution in [0.3, 0.4) is 0 Å². The smallest absolute Gasteiger partial charge is 0.255 e. The highest BCUT2D eigenvalue weighted by Crippen LogP contribution is 2.24. The topological polar surface area (TPSA) is 69.9 Å². The minimum absolute atomic E-state index is 0. The number of nitrogen functional groups attached to an aromatic ring is 1. The minimum atomic E-state index is 0. The molecule has 1 aromatic carbocycles. The monoisotopic (exact) mass is 430 g/mol. The van der Waals surface area contributed by atoms with Crippen molar-refractivity contribution in [3.05, 3.63) is 29.8 Å². The molecule has 0 bridgehead atoms. The maximum atomic E-state index is 12.6. The van der Waals surface area contributed by atoms with Crippen LogP contribution in [-0.2, 0) is 4.79 Å². The molecule has 2 N–H and O–H groups in total. The van der Waals surface area contributed by atoms with Crippen LogP contribution in [0.5, 0.6) is 0 Å². The largest absolute Gasteiger partial charge is 0.398 e. The fraction of sp³-hybridized carbons (Fsp3) is 0.600. The van der Waals surface area contributed by atoms with E-state index in [4.69, 9.17) is 5.73 Å². The zero-order chi connectivity index (χ0) is 18.5. The van der Waals surface area contributed by atoms with E-state index in [0.717, 1.165) is 45.6 Å². The van der Waals surface area contributed by atoms with Gasteiger partial charge in [-0.1, -0.05) is 19.1 Å². The Labute approximate surface area is 180 Å². The summed E-state index contributed by atoms with van der Waals surface area (Å²) < 4.78 is 0. The molecule has 0 aromatic heterocycles. The Morgan fingerprint density at radius 1 is 0.964 bits per heavy atom. The predicted molar refractivity (Wildman–Crippen MR) is 117 cm³/mol. The van der Waals surface area contributed by atoms with Gasteiger partial charge in [-0.25, -0.2) is 0 Å². The number of piperidine rings is 1. The Morgan fingerprint density at radius 3 is 2.14 bits per heavy atom. The molecule has 2 aliphatic heterocycles. The van der Waals surface area contributed by atoms with Crippen molar-refractivity contribution in [1.82, 2.24) is 14.7 Å². The van der Waals surface area contributed by atoms with E-state index in [0.29, 0.717) is 36.7 Å². The summed E-state index contributed by atoms with van der Waals surface area (Å²) in [4.78, 5) is 31.4. The highest BCUT2D eigenvalue weighted by Gasteiger charge is 2.28. The van der Waals surface area contributed by atoms with Crippen LogP contribution in [0.2, 0.25) is 0 Å². The summed E-state index contributed by atoms with van der Waals surface area (Å²) >= 11 is 0. The second kappa shape index (κ2) is 11.5. The number of carbonyl (C=O) groups excluding carboxylic acids is 2. The second-order valence-electron chi connectivity index (χ2n) is 7.34. The summed E-state index contributed by atoms with van der Waals surface area (Å²) in [6.45, 7) is 8.27. The maximum absolute atomic E-state index is 12.6. The summed E-state index contributed by atoms with van der Waals surface area (Å²) in [5.41, 5.74) is 7.03. The van der Waals surface area contributed by atoms with E-state index in [1.807, 2.05) is 21.9 Å². The Hall–Kier alpha value is -1.50. The molecule has 0 aliphatic carbocycles. The molecule has 0 spiro atoms. The van der Waals surface area contributed by atoms with Crippen molar-refractivity contribution in [2.75, 3.05) is 51.5 Å². The van der Waals surface area contributed by atoms with Crippen LogP contribution in [0, 0.1) is 5.92 Å². The van der Waals surface area contributed by atoms with Crippen molar-refractivity contribution in [3.63, 3.8) is 0 Å². The maximum Gasteiger partial charge on any atom is 0.255 e. The molecule has 6 nitrogen and oxygen atoms in total. The van der Waals surface area contributed by atoms with Crippen LogP contribution in [0.4, 0.5) is 5.69 Å². The number of piperazine rings is 1. The molecule has 2 fully saturated rings. The van der Waals surface area contributed by atoms with E-state index < -0.39 is 0 Å². The summed E-state index contributed by atoms with van der Waals surface area (Å²) in [5.74, 6) is 0.658. The Bertz CT molecular complexity index is 643. The number of hydrogen-bond acceptors (Lipinski definition) is 4. The number of amides is 2. The number of nitrogens with zero attached hydrogens (tertiary/aromatic N) is 3. The molecule has 3 rings (SSSR count). The molecular weight excluding hydrogens is 399 g/mol. The summed E-state index contributed by atoms with van der Waals surface area (Å²) in [6, 6.07) is 7.22. The molecule has 8 heteroatoms. The van der Waals surface area contributed by atoms with Gasteiger partial charge in [0.05, 0.1) is 5.56 Å². The van der Waals surface area contributed by atoms with Gasteiger partial charge >= 0.3 is 0 Å². The number of para-hydroxylation sites is 1.